The third kappa shape index (κ3) is 3.21. The number of aromatic amines is 2. The number of carbonyl (C=O) groups is 1. The lowest BCUT2D eigenvalue weighted by molar-refractivity contribution is -0.137. The number of imidazole rings is 1. The van der Waals surface area contributed by atoms with Gasteiger partial charge in [0.15, 0.2) is 5.69 Å². The second-order valence-corrected chi connectivity index (χ2v) is 8.17. The van der Waals surface area contributed by atoms with Crippen LogP contribution in [-0.2, 0) is 6.18 Å². The molecule has 0 radical (unpaired) electrons. The van der Waals surface area contributed by atoms with Gasteiger partial charge in [0.05, 0.1) is 40.9 Å². The number of alkyl halides is 3. The predicted octanol–water partition coefficient (Wildman–Crippen LogP) is 4.69. The van der Waals surface area contributed by atoms with Crippen molar-refractivity contribution in [3.63, 3.8) is 0 Å². The van der Waals surface area contributed by atoms with Gasteiger partial charge in [0.1, 0.15) is 5.82 Å². The Balaban J connectivity index is 1.46. The molecule has 176 valence electrons. The highest BCUT2D eigenvalue weighted by Gasteiger charge is 2.43. The van der Waals surface area contributed by atoms with Crippen LogP contribution >= 0.6 is 0 Å². The van der Waals surface area contributed by atoms with Crippen LogP contribution in [0.25, 0.3) is 16.7 Å². The molecule has 1 amide bonds. The summed E-state index contributed by atoms with van der Waals surface area (Å²) in [6.45, 7) is 1.74. The molecule has 0 spiro atoms. The van der Waals surface area contributed by atoms with Crippen molar-refractivity contribution < 1.29 is 22.4 Å². The first-order valence-corrected chi connectivity index (χ1v) is 10.5. The number of aryl methyl sites for hydroxylation is 1. The van der Waals surface area contributed by atoms with Crippen LogP contribution in [0, 0.1) is 12.7 Å². The molecule has 2 aromatic carbocycles. The van der Waals surface area contributed by atoms with Gasteiger partial charge in [-0.1, -0.05) is 6.07 Å². The number of H-pyrrole nitrogens is 2. The minimum absolute atomic E-state index is 0.111. The van der Waals surface area contributed by atoms with Crippen molar-refractivity contribution in [1.82, 2.24) is 29.9 Å². The summed E-state index contributed by atoms with van der Waals surface area (Å²) in [6, 6.07) is 8.37. The molecule has 6 rings (SSSR count). The van der Waals surface area contributed by atoms with E-state index in [-0.39, 0.29) is 16.9 Å². The summed E-state index contributed by atoms with van der Waals surface area (Å²) in [7, 11) is 0. The molecule has 1 atom stereocenters. The first kappa shape index (κ1) is 21.1. The summed E-state index contributed by atoms with van der Waals surface area (Å²) in [5, 5.41) is 10.6. The number of carbonyl (C=O) groups excluding carboxylic acids is 1. The molecule has 12 heteroatoms. The second kappa shape index (κ2) is 7.26. The van der Waals surface area contributed by atoms with E-state index in [1.165, 1.54) is 23.4 Å². The average Bonchev–Trinajstić information content (AvgIpc) is 3.59. The lowest BCUT2D eigenvalue weighted by atomic mass is 9.98. The van der Waals surface area contributed by atoms with Crippen molar-refractivity contribution in [2.24, 2.45) is 0 Å². The van der Waals surface area contributed by atoms with Gasteiger partial charge in [-0.25, -0.2) is 14.1 Å². The zero-order valence-electron chi connectivity index (χ0n) is 17.9. The third-order valence-corrected chi connectivity index (χ3v) is 6.08. The van der Waals surface area contributed by atoms with Crippen molar-refractivity contribution in [2.75, 3.05) is 4.90 Å². The molecule has 4 heterocycles. The van der Waals surface area contributed by atoms with Crippen LogP contribution in [0.15, 0.2) is 55.1 Å². The van der Waals surface area contributed by atoms with E-state index < -0.39 is 29.5 Å². The Bertz CT molecular complexity index is 1610. The number of amides is 1. The highest BCUT2D eigenvalue weighted by Crippen LogP contribution is 2.43. The fourth-order valence-corrected chi connectivity index (χ4v) is 4.42. The van der Waals surface area contributed by atoms with E-state index in [2.05, 4.69) is 25.3 Å². The molecule has 3 aromatic heterocycles. The molecule has 35 heavy (non-hydrogen) atoms. The monoisotopic (exact) mass is 481 g/mol. The maximum atomic E-state index is 15.5. The summed E-state index contributed by atoms with van der Waals surface area (Å²) in [5.41, 5.74) is 2.56. The van der Waals surface area contributed by atoms with Crippen LogP contribution in [0.4, 0.5) is 23.2 Å². The number of nitrogens with zero attached hydrogens (tertiary/aromatic N) is 5. The molecule has 0 saturated carbocycles. The standard InChI is InChI=1S/C23H15F4N7O/c1-11-19-20(32-31-11)22(35)34(14-3-5-17-18(7-14)29-10-28-17)21(19)15-4-2-13(6-16(15)24)33-9-12(8-30-33)23(25,26)27/h2-10,21H,1H3,(H,28,29)(H,31,32). The number of halogens is 4. The minimum atomic E-state index is -4.56. The van der Waals surface area contributed by atoms with E-state index in [4.69, 9.17) is 0 Å². The molecule has 0 saturated heterocycles. The van der Waals surface area contributed by atoms with Crippen LogP contribution in [0.5, 0.6) is 0 Å². The van der Waals surface area contributed by atoms with Crippen LogP contribution in [0.3, 0.4) is 0 Å². The quantitative estimate of drug-likeness (QED) is 0.366. The van der Waals surface area contributed by atoms with Gasteiger partial charge in [0, 0.05) is 28.7 Å². The number of aromatic nitrogens is 6. The van der Waals surface area contributed by atoms with Crippen molar-refractivity contribution in [1.29, 1.82) is 0 Å². The van der Waals surface area contributed by atoms with Crippen LogP contribution < -0.4 is 4.90 Å². The number of rotatable bonds is 3. The third-order valence-electron chi connectivity index (χ3n) is 6.08. The zero-order chi connectivity index (χ0) is 24.5. The maximum Gasteiger partial charge on any atom is 0.419 e. The molecule has 2 N–H and O–H groups in total. The van der Waals surface area contributed by atoms with Gasteiger partial charge in [-0.15, -0.1) is 0 Å². The Kier molecular flexibility index (Phi) is 4.37. The second-order valence-electron chi connectivity index (χ2n) is 8.17. The van der Waals surface area contributed by atoms with E-state index in [9.17, 15) is 18.0 Å². The van der Waals surface area contributed by atoms with Gasteiger partial charge in [-0.05, 0) is 37.3 Å². The highest BCUT2D eigenvalue weighted by molar-refractivity contribution is 6.11. The summed E-state index contributed by atoms with van der Waals surface area (Å²) >= 11 is 0. The number of nitrogens with one attached hydrogen (secondary N) is 2. The molecular weight excluding hydrogens is 466 g/mol. The van der Waals surface area contributed by atoms with Crippen LogP contribution in [0.1, 0.15) is 38.9 Å². The molecule has 0 aliphatic carbocycles. The van der Waals surface area contributed by atoms with Gasteiger partial charge in [0.2, 0.25) is 0 Å². The Morgan fingerprint density at radius 1 is 1.09 bits per heavy atom. The summed E-state index contributed by atoms with van der Waals surface area (Å²) in [4.78, 5) is 22.0. The molecule has 5 aromatic rings. The fourth-order valence-electron chi connectivity index (χ4n) is 4.42. The smallest absolute Gasteiger partial charge is 0.345 e. The minimum Gasteiger partial charge on any atom is -0.345 e. The van der Waals surface area contributed by atoms with Crippen molar-refractivity contribution in [3.05, 3.63) is 89.0 Å². The molecule has 0 fully saturated rings. The highest BCUT2D eigenvalue weighted by atomic mass is 19.4. The Hall–Kier alpha value is -4.48. The Morgan fingerprint density at radius 3 is 2.63 bits per heavy atom. The first-order valence-electron chi connectivity index (χ1n) is 10.5. The summed E-state index contributed by atoms with van der Waals surface area (Å²) in [6.07, 6.45) is -1.57. The maximum absolute atomic E-state index is 15.5. The number of fused-ring (bicyclic) bond motifs is 2. The van der Waals surface area contributed by atoms with E-state index in [0.717, 1.165) is 22.5 Å². The van der Waals surface area contributed by atoms with E-state index >= 15 is 4.39 Å². The number of benzene rings is 2. The average molecular weight is 481 g/mol. The van der Waals surface area contributed by atoms with Crippen LogP contribution in [0.2, 0.25) is 0 Å². The van der Waals surface area contributed by atoms with Gasteiger partial charge in [-0.2, -0.15) is 23.4 Å². The SMILES string of the molecule is Cc1[nH]nc2c1C(c1ccc(-n3cc(C(F)(F)F)cn3)cc1F)N(c1ccc3[nH]cnc3c1)C2=O. The van der Waals surface area contributed by atoms with E-state index in [1.807, 2.05) is 0 Å². The lowest BCUT2D eigenvalue weighted by Crippen LogP contribution is -2.30. The zero-order valence-corrected chi connectivity index (χ0v) is 17.9. The molecule has 0 bridgehead atoms. The molecule has 1 unspecified atom stereocenters. The van der Waals surface area contributed by atoms with E-state index in [0.29, 0.717) is 28.7 Å². The number of hydrogen-bond donors (Lipinski definition) is 2. The van der Waals surface area contributed by atoms with Gasteiger partial charge in [0.25, 0.3) is 5.91 Å². The molecule has 8 nitrogen and oxygen atoms in total. The van der Waals surface area contributed by atoms with Crippen molar-refractivity contribution in [3.8, 4) is 5.69 Å². The summed E-state index contributed by atoms with van der Waals surface area (Å²) < 4.78 is 55.3. The van der Waals surface area contributed by atoms with Crippen molar-refractivity contribution in [2.45, 2.75) is 19.1 Å². The van der Waals surface area contributed by atoms with Gasteiger partial charge < -0.3 is 4.98 Å². The number of hydrogen-bond acceptors (Lipinski definition) is 4. The lowest BCUT2D eigenvalue weighted by Gasteiger charge is -2.26. The van der Waals surface area contributed by atoms with Gasteiger partial charge in [-0.3, -0.25) is 14.8 Å². The van der Waals surface area contributed by atoms with Crippen molar-refractivity contribution >= 4 is 22.6 Å². The summed E-state index contributed by atoms with van der Waals surface area (Å²) in [5.74, 6) is -1.11. The van der Waals surface area contributed by atoms with Gasteiger partial charge >= 0.3 is 6.18 Å². The largest absolute Gasteiger partial charge is 0.419 e. The first-order chi connectivity index (χ1) is 16.7. The van der Waals surface area contributed by atoms with E-state index in [1.54, 1.807) is 25.1 Å². The normalized spacial score (nSPS) is 15.9. The fraction of sp³-hybridized carbons (Fsp3) is 0.130. The predicted molar refractivity (Wildman–Crippen MR) is 117 cm³/mol. The Morgan fingerprint density at radius 2 is 1.89 bits per heavy atom. The van der Waals surface area contributed by atoms with Crippen LogP contribution in [-0.4, -0.2) is 35.9 Å². The molecule has 1 aliphatic rings. The number of anilines is 1. The topological polar surface area (TPSA) is 95.5 Å². The Labute approximate surface area is 194 Å². The molecule has 1 aliphatic heterocycles. The molecular formula is C23H15F4N7O.